The minimum absolute atomic E-state index is 0.0342. The highest BCUT2D eigenvalue weighted by atomic mass is 16.5. The fraction of sp³-hybridized carbons (Fsp3) is 0.400. The Morgan fingerprint density at radius 2 is 1.66 bits per heavy atom. The second kappa shape index (κ2) is 14.0. The van der Waals surface area contributed by atoms with Crippen LogP contribution in [0.25, 0.3) is 11.1 Å². The lowest BCUT2D eigenvalue weighted by molar-refractivity contribution is -0.138. The average Bonchev–Trinajstić information content (AvgIpc) is 2.80. The van der Waals surface area contributed by atoms with E-state index in [0.29, 0.717) is 37.4 Å². The van der Waals surface area contributed by atoms with Crippen molar-refractivity contribution in [1.82, 2.24) is 0 Å². The number of ketones is 1. The minimum Gasteiger partial charge on any atom is -0.486 e. The van der Waals surface area contributed by atoms with E-state index in [1.54, 1.807) is 24.3 Å². The van der Waals surface area contributed by atoms with Crippen molar-refractivity contribution in [1.29, 1.82) is 0 Å². The number of benzene rings is 2. The van der Waals surface area contributed by atoms with E-state index < -0.39 is 5.97 Å². The highest BCUT2D eigenvalue weighted by Crippen LogP contribution is 2.23. The molecule has 0 aliphatic rings. The Bertz CT molecular complexity index is 874. The fourth-order valence-electron chi connectivity index (χ4n) is 2.83. The molecule has 0 radical (unpaired) electrons. The number of aliphatic carboxylic acids is 1. The Kier molecular flexibility index (Phi) is 11.0. The van der Waals surface area contributed by atoms with Gasteiger partial charge in [-0.2, -0.15) is 0 Å². The Balaban J connectivity index is 1.78. The highest BCUT2D eigenvalue weighted by molar-refractivity contribution is 5.91. The quantitative estimate of drug-likeness (QED) is 0.319. The van der Waals surface area contributed by atoms with Crippen molar-refractivity contribution in [3.8, 4) is 16.9 Å². The number of unbranched alkanes of at least 4 members (excludes halogenated alkanes) is 1. The van der Waals surface area contributed by atoms with Crippen LogP contribution in [0.4, 0.5) is 0 Å². The molecule has 7 heteroatoms. The zero-order valence-corrected chi connectivity index (χ0v) is 18.4. The third kappa shape index (κ3) is 9.31. The molecule has 0 saturated heterocycles. The monoisotopic (exact) mass is 442 g/mol. The molecule has 0 bridgehead atoms. The maximum atomic E-state index is 12.2. The Morgan fingerprint density at radius 1 is 0.875 bits per heavy atom. The van der Waals surface area contributed by atoms with Crippen LogP contribution in [0, 0.1) is 0 Å². The first-order chi connectivity index (χ1) is 15.5. The largest absolute Gasteiger partial charge is 0.486 e. The fourth-order valence-corrected chi connectivity index (χ4v) is 2.83. The SMILES string of the molecule is CCCCOC(=O)c1cccc(-c2ccc(OCC(=O)CCCOCCC(=O)O)cc2)c1. The van der Waals surface area contributed by atoms with Gasteiger partial charge < -0.3 is 19.3 Å². The zero-order valence-electron chi connectivity index (χ0n) is 18.4. The second-order valence-corrected chi connectivity index (χ2v) is 7.28. The molecule has 0 heterocycles. The number of rotatable bonds is 15. The van der Waals surface area contributed by atoms with Crippen molar-refractivity contribution in [3.63, 3.8) is 0 Å². The van der Waals surface area contributed by atoms with Crippen molar-refractivity contribution < 1.29 is 33.7 Å². The van der Waals surface area contributed by atoms with Crippen molar-refractivity contribution in [2.45, 2.75) is 39.0 Å². The topological polar surface area (TPSA) is 99.1 Å². The third-order valence-corrected chi connectivity index (χ3v) is 4.62. The lowest BCUT2D eigenvalue weighted by atomic mass is 10.0. The number of hydrogen-bond donors (Lipinski definition) is 1. The zero-order chi connectivity index (χ0) is 23.2. The first-order valence-corrected chi connectivity index (χ1v) is 10.8. The van der Waals surface area contributed by atoms with Crippen molar-refractivity contribution in [3.05, 3.63) is 54.1 Å². The van der Waals surface area contributed by atoms with E-state index in [2.05, 4.69) is 0 Å². The molecule has 0 amide bonds. The molecular weight excluding hydrogens is 412 g/mol. The van der Waals surface area contributed by atoms with Crippen LogP contribution in [-0.4, -0.2) is 49.3 Å². The van der Waals surface area contributed by atoms with Crippen LogP contribution in [0.3, 0.4) is 0 Å². The Morgan fingerprint density at radius 3 is 2.38 bits per heavy atom. The maximum Gasteiger partial charge on any atom is 0.338 e. The Labute approximate surface area is 188 Å². The van der Waals surface area contributed by atoms with E-state index in [1.165, 1.54) is 0 Å². The molecule has 2 aromatic rings. The minimum atomic E-state index is -0.905. The first kappa shape index (κ1) is 25.1. The molecule has 0 spiro atoms. The number of carboxylic acids is 1. The molecule has 0 aliphatic heterocycles. The second-order valence-electron chi connectivity index (χ2n) is 7.28. The molecule has 2 aromatic carbocycles. The summed E-state index contributed by atoms with van der Waals surface area (Å²) in [5.41, 5.74) is 2.32. The molecule has 172 valence electrons. The van der Waals surface area contributed by atoms with Gasteiger partial charge in [-0.05, 0) is 48.2 Å². The van der Waals surface area contributed by atoms with Crippen LogP contribution in [0.2, 0.25) is 0 Å². The first-order valence-electron chi connectivity index (χ1n) is 10.8. The number of Topliss-reactive ketones (excluding diaryl/α,β-unsaturated/α-hetero) is 1. The van der Waals surface area contributed by atoms with Gasteiger partial charge in [0.2, 0.25) is 0 Å². The molecule has 0 aromatic heterocycles. The summed E-state index contributed by atoms with van der Waals surface area (Å²) in [5, 5.41) is 8.52. The average molecular weight is 443 g/mol. The van der Waals surface area contributed by atoms with Gasteiger partial charge in [-0.1, -0.05) is 37.6 Å². The van der Waals surface area contributed by atoms with Crippen molar-refractivity contribution in [2.24, 2.45) is 0 Å². The van der Waals surface area contributed by atoms with Crippen LogP contribution < -0.4 is 4.74 Å². The van der Waals surface area contributed by atoms with Gasteiger partial charge in [-0.25, -0.2) is 4.79 Å². The van der Waals surface area contributed by atoms with E-state index in [1.807, 2.05) is 31.2 Å². The van der Waals surface area contributed by atoms with E-state index in [-0.39, 0.29) is 31.4 Å². The number of hydrogen-bond acceptors (Lipinski definition) is 6. The highest BCUT2D eigenvalue weighted by Gasteiger charge is 2.09. The predicted molar refractivity (Wildman–Crippen MR) is 120 cm³/mol. The van der Waals surface area contributed by atoms with Gasteiger partial charge in [0.25, 0.3) is 0 Å². The summed E-state index contributed by atoms with van der Waals surface area (Å²) in [4.78, 5) is 34.5. The number of carbonyl (C=O) groups is 3. The number of carbonyl (C=O) groups excluding carboxylic acids is 2. The lowest BCUT2D eigenvalue weighted by Gasteiger charge is -2.09. The summed E-state index contributed by atoms with van der Waals surface area (Å²) >= 11 is 0. The van der Waals surface area contributed by atoms with Crippen LogP contribution >= 0.6 is 0 Å². The van der Waals surface area contributed by atoms with Crippen LogP contribution in [0.1, 0.15) is 49.4 Å². The van der Waals surface area contributed by atoms with E-state index >= 15 is 0 Å². The van der Waals surface area contributed by atoms with Gasteiger partial charge in [0, 0.05) is 13.0 Å². The summed E-state index contributed by atoms with van der Waals surface area (Å²) in [6, 6.07) is 14.6. The van der Waals surface area contributed by atoms with E-state index in [0.717, 1.165) is 24.0 Å². The van der Waals surface area contributed by atoms with E-state index in [9.17, 15) is 14.4 Å². The molecule has 32 heavy (non-hydrogen) atoms. The molecule has 0 fully saturated rings. The standard InChI is InChI=1S/C25H30O7/c1-2-3-15-31-25(29)21-7-4-6-20(17-21)19-9-11-23(12-10-19)32-18-22(26)8-5-14-30-16-13-24(27)28/h4,6-7,9-12,17H,2-3,5,8,13-16,18H2,1H3,(H,27,28). The molecule has 0 atom stereocenters. The molecule has 7 nitrogen and oxygen atoms in total. The summed E-state index contributed by atoms with van der Waals surface area (Å²) in [6.07, 6.45) is 2.61. The predicted octanol–water partition coefficient (Wildman–Crippen LogP) is 4.53. The summed E-state index contributed by atoms with van der Waals surface area (Å²) in [6.45, 7) is 2.92. The third-order valence-electron chi connectivity index (χ3n) is 4.62. The van der Waals surface area contributed by atoms with Crippen LogP contribution in [0.15, 0.2) is 48.5 Å². The molecule has 2 rings (SSSR count). The smallest absolute Gasteiger partial charge is 0.338 e. The van der Waals surface area contributed by atoms with Crippen LogP contribution in [-0.2, 0) is 19.1 Å². The van der Waals surface area contributed by atoms with Crippen LogP contribution in [0.5, 0.6) is 5.75 Å². The molecule has 1 N–H and O–H groups in total. The number of carboxylic acid groups (broad SMARTS) is 1. The van der Waals surface area contributed by atoms with Crippen molar-refractivity contribution in [2.75, 3.05) is 26.4 Å². The molecule has 0 aliphatic carbocycles. The summed E-state index contributed by atoms with van der Waals surface area (Å²) < 4.78 is 16.0. The van der Waals surface area contributed by atoms with Gasteiger partial charge in [-0.15, -0.1) is 0 Å². The molecular formula is C25H30O7. The van der Waals surface area contributed by atoms with Gasteiger partial charge in [-0.3, -0.25) is 9.59 Å². The van der Waals surface area contributed by atoms with Gasteiger partial charge in [0.15, 0.2) is 5.78 Å². The summed E-state index contributed by atoms with van der Waals surface area (Å²) in [7, 11) is 0. The lowest BCUT2D eigenvalue weighted by Crippen LogP contribution is -2.12. The normalized spacial score (nSPS) is 10.5. The van der Waals surface area contributed by atoms with Gasteiger partial charge >= 0.3 is 11.9 Å². The number of esters is 1. The van der Waals surface area contributed by atoms with E-state index in [4.69, 9.17) is 19.3 Å². The van der Waals surface area contributed by atoms with Crippen molar-refractivity contribution >= 4 is 17.7 Å². The Hall–Kier alpha value is -3.19. The maximum absolute atomic E-state index is 12.2. The van der Waals surface area contributed by atoms with Gasteiger partial charge in [0.1, 0.15) is 12.4 Å². The molecule has 0 unspecified atom stereocenters. The van der Waals surface area contributed by atoms with Gasteiger partial charge in [0.05, 0.1) is 25.2 Å². The molecule has 0 saturated carbocycles. The summed E-state index contributed by atoms with van der Waals surface area (Å²) in [5.74, 6) is -0.704. The number of ether oxygens (including phenoxy) is 3.